The maximum atomic E-state index is 14.2. The predicted octanol–water partition coefficient (Wildman–Crippen LogP) is 4.15. The summed E-state index contributed by atoms with van der Waals surface area (Å²) in [7, 11) is 0. The van der Waals surface area contributed by atoms with E-state index < -0.39 is 12.1 Å². The van der Waals surface area contributed by atoms with Crippen molar-refractivity contribution in [3.63, 3.8) is 0 Å². The first-order chi connectivity index (χ1) is 12.1. The predicted molar refractivity (Wildman–Crippen MR) is 91.4 cm³/mol. The van der Waals surface area contributed by atoms with Crippen molar-refractivity contribution in [2.45, 2.75) is 37.5 Å². The highest BCUT2D eigenvalue weighted by atomic mass is 35.5. The molecular weight excluding hydrogens is 376 g/mol. The molecule has 1 aliphatic rings. The van der Waals surface area contributed by atoms with Crippen molar-refractivity contribution in [3.8, 4) is 0 Å². The fourth-order valence-electron chi connectivity index (χ4n) is 2.52. The Bertz CT molecular complexity index is 621. The number of aliphatic carboxylic acids is 1. The molecule has 1 saturated carbocycles. The van der Waals surface area contributed by atoms with Gasteiger partial charge in [0.25, 0.3) is 0 Å². The Labute approximate surface area is 154 Å². The summed E-state index contributed by atoms with van der Waals surface area (Å²) in [6.07, 6.45) is -0.226. The van der Waals surface area contributed by atoms with Gasteiger partial charge in [0.2, 0.25) is 0 Å². The molecule has 0 aliphatic heterocycles. The number of alkyl halides is 3. The monoisotopic (exact) mass is 396 g/mol. The van der Waals surface area contributed by atoms with E-state index in [0.29, 0.717) is 24.6 Å². The number of hydrogen-bond donors (Lipinski definition) is 2. The van der Waals surface area contributed by atoms with Gasteiger partial charge in [0, 0.05) is 30.7 Å². The van der Waals surface area contributed by atoms with Gasteiger partial charge in [0.1, 0.15) is 5.82 Å². The van der Waals surface area contributed by atoms with Gasteiger partial charge in [-0.3, -0.25) is 4.90 Å². The lowest BCUT2D eigenvalue weighted by molar-refractivity contribution is -0.192. The van der Waals surface area contributed by atoms with Crippen molar-refractivity contribution >= 4 is 17.6 Å². The zero-order valence-corrected chi connectivity index (χ0v) is 14.7. The molecule has 4 nitrogen and oxygen atoms in total. The average molecular weight is 397 g/mol. The van der Waals surface area contributed by atoms with Crippen LogP contribution in [0, 0.1) is 5.82 Å². The minimum absolute atomic E-state index is 0.0211. The molecule has 2 rings (SSSR count). The molecule has 1 atom stereocenters. The van der Waals surface area contributed by atoms with Crippen molar-refractivity contribution in [1.82, 2.24) is 4.90 Å². The molecule has 1 aromatic rings. The summed E-state index contributed by atoms with van der Waals surface area (Å²) in [5, 5.41) is 7.30. The molecule has 1 aliphatic carbocycles. The molecule has 1 aromatic carbocycles. The van der Waals surface area contributed by atoms with Gasteiger partial charge in [-0.1, -0.05) is 29.8 Å². The lowest BCUT2D eigenvalue weighted by Crippen LogP contribution is -2.35. The van der Waals surface area contributed by atoms with Gasteiger partial charge in [0.15, 0.2) is 0 Å². The fraction of sp³-hybridized carbons (Fsp3) is 0.471. The number of rotatable bonds is 7. The molecule has 0 radical (unpaired) electrons. The Morgan fingerprint density at radius 2 is 2.04 bits per heavy atom. The summed E-state index contributed by atoms with van der Waals surface area (Å²) >= 11 is 5.89. The molecule has 1 fully saturated rings. The van der Waals surface area contributed by atoms with Crippen molar-refractivity contribution in [1.29, 1.82) is 0 Å². The number of nitrogens with zero attached hydrogens (tertiary/aromatic N) is 1. The molecule has 146 valence electrons. The summed E-state index contributed by atoms with van der Waals surface area (Å²) in [4.78, 5) is 11.2. The highest BCUT2D eigenvalue weighted by Crippen LogP contribution is 2.37. The fourth-order valence-corrected chi connectivity index (χ4v) is 2.71. The minimum atomic E-state index is -5.08. The van der Waals surface area contributed by atoms with Crippen LogP contribution in [0.1, 0.15) is 30.9 Å². The highest BCUT2D eigenvalue weighted by molar-refractivity contribution is 6.30. The van der Waals surface area contributed by atoms with E-state index in [-0.39, 0.29) is 16.9 Å². The Morgan fingerprint density at radius 3 is 2.46 bits per heavy atom. The van der Waals surface area contributed by atoms with Crippen LogP contribution in [0.4, 0.5) is 17.6 Å². The van der Waals surface area contributed by atoms with E-state index in [9.17, 15) is 17.6 Å². The Hall–Kier alpha value is -1.64. The van der Waals surface area contributed by atoms with E-state index in [1.54, 1.807) is 18.2 Å². The summed E-state index contributed by atoms with van der Waals surface area (Å²) in [6.45, 7) is 5.14. The number of carboxylic acids is 1. The van der Waals surface area contributed by atoms with Crippen LogP contribution >= 0.6 is 11.6 Å². The van der Waals surface area contributed by atoms with Crippen LogP contribution in [-0.2, 0) is 4.79 Å². The molecule has 0 aromatic heterocycles. The largest absolute Gasteiger partial charge is 0.490 e. The maximum absolute atomic E-state index is 14.2. The van der Waals surface area contributed by atoms with Crippen LogP contribution in [-0.4, -0.2) is 41.3 Å². The third-order valence-corrected chi connectivity index (χ3v) is 4.07. The van der Waals surface area contributed by atoms with Crippen molar-refractivity contribution in [2.24, 2.45) is 5.73 Å². The van der Waals surface area contributed by atoms with Crippen LogP contribution in [0.2, 0.25) is 5.02 Å². The molecule has 0 amide bonds. The van der Waals surface area contributed by atoms with Crippen LogP contribution in [0.15, 0.2) is 30.9 Å². The maximum Gasteiger partial charge on any atom is 0.490 e. The molecule has 1 unspecified atom stereocenters. The van der Waals surface area contributed by atoms with E-state index in [1.807, 2.05) is 6.08 Å². The first kappa shape index (κ1) is 22.4. The third kappa shape index (κ3) is 6.59. The van der Waals surface area contributed by atoms with Crippen molar-refractivity contribution < 1.29 is 27.5 Å². The smallest absolute Gasteiger partial charge is 0.475 e. The SMILES string of the molecule is C=CCC(c1cccc(Cl)c1F)N(CCN)C1CC1.O=C(O)C(F)(F)F. The van der Waals surface area contributed by atoms with E-state index in [0.717, 1.165) is 19.4 Å². The van der Waals surface area contributed by atoms with Gasteiger partial charge in [-0.05, 0) is 25.3 Å². The second-order valence-electron chi connectivity index (χ2n) is 5.74. The van der Waals surface area contributed by atoms with Crippen LogP contribution in [0.5, 0.6) is 0 Å². The van der Waals surface area contributed by atoms with Gasteiger partial charge in [0.05, 0.1) is 5.02 Å². The van der Waals surface area contributed by atoms with Crippen LogP contribution in [0.25, 0.3) is 0 Å². The second-order valence-corrected chi connectivity index (χ2v) is 6.15. The van der Waals surface area contributed by atoms with Gasteiger partial charge in [-0.15, -0.1) is 6.58 Å². The number of hydrogen-bond acceptors (Lipinski definition) is 3. The topological polar surface area (TPSA) is 66.6 Å². The normalized spacial score (nSPS) is 15.2. The minimum Gasteiger partial charge on any atom is -0.475 e. The number of carbonyl (C=O) groups is 1. The Morgan fingerprint density at radius 1 is 1.46 bits per heavy atom. The Kier molecular flexibility index (Phi) is 8.52. The standard InChI is InChI=1S/C15H20ClFN2.C2HF3O2/c1-2-4-14(19(10-9-18)11-7-8-11)12-5-3-6-13(16)15(12)17;3-2(4,5)1(6)7/h2-3,5-6,11,14H,1,4,7-10,18H2;(H,6,7). The first-order valence-corrected chi connectivity index (χ1v) is 8.32. The number of benzene rings is 1. The summed E-state index contributed by atoms with van der Waals surface area (Å²) in [5.41, 5.74) is 6.33. The first-order valence-electron chi connectivity index (χ1n) is 7.94. The summed E-state index contributed by atoms with van der Waals surface area (Å²) in [6, 6.07) is 5.68. The summed E-state index contributed by atoms with van der Waals surface area (Å²) < 4.78 is 46.0. The van der Waals surface area contributed by atoms with Crippen LogP contribution < -0.4 is 5.73 Å². The molecule has 0 bridgehead atoms. The van der Waals surface area contributed by atoms with Crippen LogP contribution in [0.3, 0.4) is 0 Å². The quantitative estimate of drug-likeness (QED) is 0.536. The van der Waals surface area contributed by atoms with E-state index >= 15 is 0 Å². The highest BCUT2D eigenvalue weighted by Gasteiger charge is 2.38. The van der Waals surface area contributed by atoms with Gasteiger partial charge < -0.3 is 10.8 Å². The second kappa shape index (κ2) is 9.89. The van der Waals surface area contributed by atoms with E-state index in [2.05, 4.69) is 11.5 Å². The van der Waals surface area contributed by atoms with Gasteiger partial charge >= 0.3 is 12.1 Å². The number of nitrogens with two attached hydrogens (primary N) is 1. The molecule has 26 heavy (non-hydrogen) atoms. The van der Waals surface area contributed by atoms with Crippen molar-refractivity contribution in [2.75, 3.05) is 13.1 Å². The molecule has 0 spiro atoms. The van der Waals surface area contributed by atoms with E-state index in [4.69, 9.17) is 27.2 Å². The molecule has 0 heterocycles. The number of carboxylic acid groups (broad SMARTS) is 1. The third-order valence-electron chi connectivity index (χ3n) is 3.78. The summed E-state index contributed by atoms with van der Waals surface area (Å²) in [5.74, 6) is -3.08. The zero-order valence-electron chi connectivity index (χ0n) is 14.0. The lowest BCUT2D eigenvalue weighted by atomic mass is 10.0. The Balaban J connectivity index is 0.000000412. The zero-order chi connectivity index (χ0) is 19.9. The molecule has 9 heteroatoms. The lowest BCUT2D eigenvalue weighted by Gasteiger charge is -2.31. The van der Waals surface area contributed by atoms with Gasteiger partial charge in [-0.2, -0.15) is 13.2 Å². The van der Waals surface area contributed by atoms with E-state index in [1.165, 1.54) is 0 Å². The van der Waals surface area contributed by atoms with Crippen molar-refractivity contribution in [3.05, 3.63) is 47.3 Å². The van der Waals surface area contributed by atoms with Gasteiger partial charge in [-0.25, -0.2) is 9.18 Å². The number of halogens is 5. The average Bonchev–Trinajstić information content (AvgIpc) is 3.38. The molecule has 3 N–H and O–H groups in total. The molecule has 0 saturated heterocycles. The molecular formula is C17H21ClF4N2O2.